The number of carbonyl (C=O) groups excluding carboxylic acids is 1. The molecule has 3 aliphatic rings. The second-order valence-electron chi connectivity index (χ2n) is 12.5. The van der Waals surface area contributed by atoms with Crippen molar-refractivity contribution in [3.63, 3.8) is 0 Å². The van der Waals surface area contributed by atoms with E-state index in [0.717, 1.165) is 51.9 Å². The number of anilines is 1. The summed E-state index contributed by atoms with van der Waals surface area (Å²) in [6, 6.07) is 2.43. The zero-order chi connectivity index (χ0) is 28.1. The fraction of sp³-hybridized carbons (Fsp3) is 0.690. The third-order valence-electron chi connectivity index (χ3n) is 8.09. The first kappa shape index (κ1) is 31.0. The second kappa shape index (κ2) is 11.8. The van der Waals surface area contributed by atoms with E-state index in [9.17, 15) is 4.79 Å². The minimum absolute atomic E-state index is 0. The minimum atomic E-state index is -0.513. The quantitative estimate of drug-likeness (QED) is 0.336. The highest BCUT2D eigenvalue weighted by atomic mass is 79.9. The number of aromatic nitrogens is 2. The van der Waals surface area contributed by atoms with E-state index in [1.165, 1.54) is 0 Å². The van der Waals surface area contributed by atoms with E-state index < -0.39 is 11.4 Å². The van der Waals surface area contributed by atoms with Crippen molar-refractivity contribution in [3.05, 3.63) is 21.4 Å². The molecule has 11 heteroatoms. The van der Waals surface area contributed by atoms with Gasteiger partial charge in [-0.3, -0.25) is 0 Å². The van der Waals surface area contributed by atoms with Crippen LogP contribution in [0.3, 0.4) is 0 Å². The molecule has 0 saturated carbocycles. The maximum atomic E-state index is 15.4. The maximum Gasteiger partial charge on any atom is 0.410 e. The minimum Gasteiger partial charge on any atom is -0.460 e. The smallest absolute Gasteiger partial charge is 0.410 e. The summed E-state index contributed by atoms with van der Waals surface area (Å²) in [5, 5.41) is 0.850. The second-order valence-corrected chi connectivity index (χ2v) is 13.7. The third-order valence-corrected chi connectivity index (χ3v) is 9.39. The number of ether oxygens (including phenoxy) is 2. The van der Waals surface area contributed by atoms with Gasteiger partial charge in [0.25, 0.3) is 0 Å². The Hall–Kier alpha value is -1.91. The lowest BCUT2D eigenvalue weighted by Gasteiger charge is -2.53. The van der Waals surface area contributed by atoms with Gasteiger partial charge in [-0.15, -0.1) is 0 Å². The molecule has 1 amide bonds. The molecular weight excluding hydrogens is 601 g/mol. The van der Waals surface area contributed by atoms with Crippen LogP contribution in [-0.4, -0.2) is 82.9 Å². The Bertz CT molecular complexity index is 1230. The Morgan fingerprint density at radius 3 is 2.35 bits per heavy atom. The predicted molar refractivity (Wildman–Crippen MR) is 161 cm³/mol. The van der Waals surface area contributed by atoms with E-state index in [2.05, 4.69) is 44.6 Å². The van der Waals surface area contributed by atoms with Crippen LogP contribution < -0.4 is 9.64 Å². The van der Waals surface area contributed by atoms with Gasteiger partial charge in [0, 0.05) is 56.1 Å². The number of piperidine rings is 2. The Labute approximate surface area is 250 Å². The van der Waals surface area contributed by atoms with Crippen LogP contribution in [0.5, 0.6) is 6.01 Å². The first-order valence-electron chi connectivity index (χ1n) is 13.8. The standard InChI is InChI=1S/C28H38BrClFN5O3.CH4/c1-17(2)34-10-6-18(7-11-34)38-25-32-23-19(14-20(30)21(29)22(23)31)24(33-25)35-12-8-28(9-13-35)15-36(16-28)26(37)39-27(3,4)5;/h14,17-18H,6-13,15-16H2,1-5H3;1H4. The Morgan fingerprint density at radius 1 is 1.15 bits per heavy atom. The van der Waals surface area contributed by atoms with Crippen molar-refractivity contribution in [1.29, 1.82) is 0 Å². The van der Waals surface area contributed by atoms with Gasteiger partial charge in [-0.1, -0.05) is 19.0 Å². The molecule has 3 saturated heterocycles. The number of fused-ring (bicyclic) bond motifs is 1. The van der Waals surface area contributed by atoms with E-state index in [4.69, 9.17) is 26.1 Å². The zero-order valence-corrected chi connectivity index (χ0v) is 25.7. The maximum absolute atomic E-state index is 15.4. The fourth-order valence-electron chi connectivity index (χ4n) is 5.82. The normalized spacial score (nSPS) is 20.0. The number of carbonyl (C=O) groups is 1. The highest BCUT2D eigenvalue weighted by Gasteiger charge is 2.48. The van der Waals surface area contributed by atoms with E-state index >= 15 is 4.39 Å². The summed E-state index contributed by atoms with van der Waals surface area (Å²) in [6.45, 7) is 14.8. The molecule has 0 bridgehead atoms. The Morgan fingerprint density at radius 2 is 1.77 bits per heavy atom. The molecule has 2 aromatic rings. The number of nitrogens with zero attached hydrogens (tertiary/aromatic N) is 5. The summed E-state index contributed by atoms with van der Waals surface area (Å²) in [5.74, 6) is 0.127. The van der Waals surface area contributed by atoms with Gasteiger partial charge in [-0.25, -0.2) is 9.18 Å². The molecule has 40 heavy (non-hydrogen) atoms. The molecule has 8 nitrogen and oxygen atoms in total. The van der Waals surface area contributed by atoms with Crippen LogP contribution in [0.4, 0.5) is 15.0 Å². The average Bonchev–Trinajstić information content (AvgIpc) is 2.85. The van der Waals surface area contributed by atoms with Gasteiger partial charge in [0.15, 0.2) is 5.82 Å². The van der Waals surface area contributed by atoms with Crippen LogP contribution in [0.25, 0.3) is 10.9 Å². The van der Waals surface area contributed by atoms with Crippen molar-refractivity contribution in [2.75, 3.05) is 44.2 Å². The lowest BCUT2D eigenvalue weighted by atomic mass is 9.72. The monoisotopic (exact) mass is 641 g/mol. The number of rotatable bonds is 4. The summed E-state index contributed by atoms with van der Waals surface area (Å²) >= 11 is 9.62. The van der Waals surface area contributed by atoms with Crippen LogP contribution in [0.15, 0.2) is 10.5 Å². The molecule has 0 unspecified atom stereocenters. The summed E-state index contributed by atoms with van der Waals surface area (Å²) in [4.78, 5) is 28.1. The summed E-state index contributed by atoms with van der Waals surface area (Å²) < 4.78 is 27.3. The molecule has 0 N–H and O–H groups in total. The van der Waals surface area contributed by atoms with E-state index in [1.807, 2.05) is 20.8 Å². The number of likely N-dealkylation sites (tertiary alicyclic amines) is 2. The van der Waals surface area contributed by atoms with Gasteiger partial charge >= 0.3 is 12.1 Å². The molecule has 0 radical (unpaired) electrons. The topological polar surface area (TPSA) is 71.0 Å². The Kier molecular flexibility index (Phi) is 9.13. The zero-order valence-electron chi connectivity index (χ0n) is 23.4. The molecular formula is C29H42BrClFN5O3. The summed E-state index contributed by atoms with van der Waals surface area (Å²) in [6.07, 6.45) is 3.28. The van der Waals surface area contributed by atoms with Gasteiger partial charge in [0.05, 0.1) is 9.50 Å². The summed E-state index contributed by atoms with van der Waals surface area (Å²) in [7, 11) is 0. The van der Waals surface area contributed by atoms with Crippen molar-refractivity contribution in [2.24, 2.45) is 5.41 Å². The van der Waals surface area contributed by atoms with Crippen molar-refractivity contribution in [1.82, 2.24) is 19.8 Å². The number of halogens is 3. The van der Waals surface area contributed by atoms with Crippen LogP contribution in [0.1, 0.15) is 67.7 Å². The molecule has 3 fully saturated rings. The molecule has 3 aliphatic heterocycles. The fourth-order valence-corrected chi connectivity index (χ4v) is 6.31. The van der Waals surface area contributed by atoms with E-state index in [-0.39, 0.29) is 46.1 Å². The highest BCUT2D eigenvalue weighted by molar-refractivity contribution is 9.10. The number of hydrogen-bond donors (Lipinski definition) is 0. The SMILES string of the molecule is C.CC(C)N1CCC(Oc2nc(N3CCC4(CC3)CN(C(=O)OC(C)(C)C)C4)c3cc(Cl)c(Br)c(F)c3n2)CC1. The van der Waals surface area contributed by atoms with Crippen molar-refractivity contribution in [2.45, 2.75) is 85.5 Å². The molecule has 1 aromatic heterocycles. The van der Waals surface area contributed by atoms with Crippen molar-refractivity contribution >= 4 is 50.3 Å². The van der Waals surface area contributed by atoms with Crippen molar-refractivity contribution in [3.8, 4) is 6.01 Å². The first-order chi connectivity index (χ1) is 18.3. The number of hydrogen-bond acceptors (Lipinski definition) is 7. The van der Waals surface area contributed by atoms with Gasteiger partial charge in [0.1, 0.15) is 23.0 Å². The first-order valence-corrected chi connectivity index (χ1v) is 15.0. The third kappa shape index (κ3) is 6.44. The number of benzene rings is 1. The molecule has 0 aliphatic carbocycles. The van der Waals surface area contributed by atoms with Crippen LogP contribution in [-0.2, 0) is 4.74 Å². The van der Waals surface area contributed by atoms with E-state index in [0.29, 0.717) is 30.3 Å². The van der Waals surface area contributed by atoms with Crippen LogP contribution in [0, 0.1) is 11.2 Å². The lowest BCUT2D eigenvalue weighted by Crippen LogP contribution is -2.62. The van der Waals surface area contributed by atoms with Gasteiger partial charge in [-0.2, -0.15) is 9.97 Å². The van der Waals surface area contributed by atoms with Gasteiger partial charge in [0.2, 0.25) is 0 Å². The predicted octanol–water partition coefficient (Wildman–Crippen LogP) is 6.91. The molecule has 0 atom stereocenters. The highest BCUT2D eigenvalue weighted by Crippen LogP contribution is 2.43. The Balaban J connectivity index is 0.00000370. The molecule has 5 rings (SSSR count). The van der Waals surface area contributed by atoms with Gasteiger partial charge in [-0.05, 0) is 82.3 Å². The van der Waals surface area contributed by atoms with E-state index in [1.54, 1.807) is 11.0 Å². The molecule has 222 valence electrons. The van der Waals surface area contributed by atoms with Crippen molar-refractivity contribution < 1.29 is 18.7 Å². The van der Waals surface area contributed by atoms with Gasteiger partial charge < -0.3 is 24.2 Å². The summed E-state index contributed by atoms with van der Waals surface area (Å²) in [5.41, 5.74) is -0.231. The largest absolute Gasteiger partial charge is 0.460 e. The van der Waals surface area contributed by atoms with Crippen LogP contribution in [0.2, 0.25) is 5.02 Å². The number of amides is 1. The molecule has 4 heterocycles. The average molecular weight is 643 g/mol. The molecule has 1 spiro atoms. The lowest BCUT2D eigenvalue weighted by molar-refractivity contribution is -0.0434. The van der Waals surface area contributed by atoms with Crippen LogP contribution >= 0.6 is 27.5 Å². The molecule has 1 aromatic carbocycles.